The van der Waals surface area contributed by atoms with Gasteiger partial charge in [-0.1, -0.05) is 11.6 Å². The second kappa shape index (κ2) is 6.92. The van der Waals surface area contributed by atoms with Gasteiger partial charge in [0.2, 0.25) is 6.41 Å². The summed E-state index contributed by atoms with van der Waals surface area (Å²) in [5.41, 5.74) is 2.25. The van der Waals surface area contributed by atoms with Gasteiger partial charge in [0.25, 0.3) is 0 Å². The molecule has 1 amide bonds. The van der Waals surface area contributed by atoms with Crippen molar-refractivity contribution in [1.29, 1.82) is 0 Å². The van der Waals surface area contributed by atoms with E-state index in [1.165, 1.54) is 6.20 Å². The Bertz CT molecular complexity index is 1390. The lowest BCUT2D eigenvalue weighted by Crippen LogP contribution is -2.11. The van der Waals surface area contributed by atoms with Crippen LogP contribution in [0.25, 0.3) is 27.8 Å². The van der Waals surface area contributed by atoms with Crippen molar-refractivity contribution >= 4 is 40.4 Å². The summed E-state index contributed by atoms with van der Waals surface area (Å²) in [6.07, 6.45) is 10.3. The Hall–Kier alpha value is -3.79. The second-order valence-corrected chi connectivity index (χ2v) is 7.04. The number of aromatic nitrogens is 7. The summed E-state index contributed by atoms with van der Waals surface area (Å²) in [6, 6.07) is 1.36. The van der Waals surface area contributed by atoms with Gasteiger partial charge in [-0.3, -0.25) is 19.6 Å². The van der Waals surface area contributed by atoms with Crippen molar-refractivity contribution in [2.45, 2.75) is 13.0 Å². The Morgan fingerprint density at radius 1 is 1.33 bits per heavy atom. The minimum absolute atomic E-state index is 0.0592. The highest BCUT2D eigenvalue weighted by atomic mass is 35.5. The van der Waals surface area contributed by atoms with Gasteiger partial charge in [-0.2, -0.15) is 10.2 Å². The molecule has 0 aliphatic carbocycles. The monoisotopic (exact) mass is 424 g/mol. The van der Waals surface area contributed by atoms with Gasteiger partial charge in [0.1, 0.15) is 5.82 Å². The van der Waals surface area contributed by atoms with Crippen molar-refractivity contribution in [3.63, 3.8) is 0 Å². The molecule has 0 fully saturated rings. The smallest absolute Gasteiger partial charge is 0.212 e. The largest absolute Gasteiger partial charge is 0.312 e. The van der Waals surface area contributed by atoms with Crippen molar-refractivity contribution in [3.05, 3.63) is 59.7 Å². The summed E-state index contributed by atoms with van der Waals surface area (Å²) in [6.45, 7) is 1.83. The van der Waals surface area contributed by atoms with Crippen molar-refractivity contribution in [3.8, 4) is 11.3 Å². The molecule has 30 heavy (non-hydrogen) atoms. The average Bonchev–Trinajstić information content (AvgIpc) is 3.48. The number of benzene rings is 1. The number of nitrogens with zero attached hydrogens (tertiary/aromatic N) is 6. The zero-order valence-electron chi connectivity index (χ0n) is 15.5. The highest BCUT2D eigenvalue weighted by molar-refractivity contribution is 6.35. The zero-order chi connectivity index (χ0) is 20.8. The van der Waals surface area contributed by atoms with Crippen LogP contribution in [0, 0.1) is 5.82 Å². The van der Waals surface area contributed by atoms with Crippen LogP contribution in [0.5, 0.6) is 0 Å². The molecule has 0 bridgehead atoms. The number of nitrogens with one attached hydrogen (secondary N) is 2. The van der Waals surface area contributed by atoms with E-state index in [-0.39, 0.29) is 5.02 Å². The molecule has 5 aromatic rings. The van der Waals surface area contributed by atoms with E-state index < -0.39 is 11.9 Å². The first kappa shape index (κ1) is 18.3. The quantitative estimate of drug-likeness (QED) is 0.420. The second-order valence-electron chi connectivity index (χ2n) is 6.66. The molecular weight excluding hydrogens is 411 g/mol. The van der Waals surface area contributed by atoms with Crippen LogP contribution in [0.2, 0.25) is 5.02 Å². The van der Waals surface area contributed by atoms with Crippen LogP contribution in [0.1, 0.15) is 18.5 Å². The van der Waals surface area contributed by atoms with Crippen LogP contribution < -0.4 is 5.32 Å². The molecular formula is C19H14ClFN8O. The van der Waals surface area contributed by atoms with Crippen molar-refractivity contribution < 1.29 is 9.18 Å². The number of aromatic amines is 1. The molecule has 150 valence electrons. The maximum absolute atomic E-state index is 15.5. The third kappa shape index (κ3) is 2.72. The number of hydrogen-bond acceptors (Lipinski definition) is 5. The van der Waals surface area contributed by atoms with Crippen LogP contribution in [-0.2, 0) is 4.79 Å². The molecule has 2 N–H and O–H groups in total. The summed E-state index contributed by atoms with van der Waals surface area (Å²) in [5, 5.41) is 14.3. The molecule has 1 atom stereocenters. The number of rotatable bonds is 5. The molecule has 0 saturated carbocycles. The molecule has 0 saturated heterocycles. The van der Waals surface area contributed by atoms with Crippen LogP contribution in [0.3, 0.4) is 0 Å². The Morgan fingerprint density at radius 3 is 2.97 bits per heavy atom. The Balaban J connectivity index is 1.72. The van der Waals surface area contributed by atoms with Crippen molar-refractivity contribution in [1.82, 2.24) is 34.3 Å². The highest BCUT2D eigenvalue weighted by Gasteiger charge is 2.26. The van der Waals surface area contributed by atoms with Gasteiger partial charge >= 0.3 is 0 Å². The standard InChI is InChI=1S/C19H14ClFN8O/c1-10(29-4-2-3-25-29)15-18(21)17(20)16(11-5-24-27-19(11)15)12-7-28-8-13(23-9-30)26-14(28)6-22-12/h2-10H,1H3,(H,23,30)(H,24,27). The first-order valence-electron chi connectivity index (χ1n) is 8.97. The van der Waals surface area contributed by atoms with Gasteiger partial charge in [-0.05, 0) is 13.0 Å². The molecule has 0 radical (unpaired) electrons. The number of amides is 1. The molecule has 9 nitrogen and oxygen atoms in total. The van der Waals surface area contributed by atoms with Gasteiger partial charge in [0.05, 0.1) is 40.9 Å². The number of carbonyl (C=O) groups excluding carboxylic acids is 1. The van der Waals surface area contributed by atoms with Gasteiger partial charge in [-0.25, -0.2) is 9.37 Å². The van der Waals surface area contributed by atoms with Crippen LogP contribution >= 0.6 is 11.6 Å². The van der Waals surface area contributed by atoms with E-state index in [4.69, 9.17) is 11.6 Å². The van der Waals surface area contributed by atoms with E-state index in [2.05, 4.69) is 30.6 Å². The number of imidazole rings is 1. The lowest BCUT2D eigenvalue weighted by atomic mass is 9.98. The molecule has 1 aromatic carbocycles. The summed E-state index contributed by atoms with van der Waals surface area (Å²) in [7, 11) is 0. The number of halogens is 2. The fourth-order valence-electron chi connectivity index (χ4n) is 3.58. The predicted octanol–water partition coefficient (Wildman–Crippen LogP) is 3.44. The maximum atomic E-state index is 15.5. The molecule has 11 heteroatoms. The van der Waals surface area contributed by atoms with E-state index in [9.17, 15) is 4.79 Å². The Kier molecular flexibility index (Phi) is 4.21. The molecule has 1 unspecified atom stereocenters. The number of fused-ring (bicyclic) bond motifs is 2. The van der Waals surface area contributed by atoms with Crippen LogP contribution in [0.4, 0.5) is 10.2 Å². The predicted molar refractivity (Wildman–Crippen MR) is 109 cm³/mol. The van der Waals surface area contributed by atoms with Crippen LogP contribution in [-0.4, -0.2) is 40.8 Å². The lowest BCUT2D eigenvalue weighted by molar-refractivity contribution is -0.105. The zero-order valence-corrected chi connectivity index (χ0v) is 16.3. The third-order valence-corrected chi connectivity index (χ3v) is 5.33. The van der Waals surface area contributed by atoms with E-state index in [0.717, 1.165) is 0 Å². The van der Waals surface area contributed by atoms with E-state index in [1.807, 2.05) is 6.92 Å². The first-order valence-corrected chi connectivity index (χ1v) is 9.34. The number of carbonyl (C=O) groups is 1. The normalized spacial score (nSPS) is 12.5. The summed E-state index contributed by atoms with van der Waals surface area (Å²) < 4.78 is 18.8. The minimum Gasteiger partial charge on any atom is -0.312 e. The van der Waals surface area contributed by atoms with E-state index in [0.29, 0.717) is 45.6 Å². The Morgan fingerprint density at radius 2 is 2.20 bits per heavy atom. The van der Waals surface area contributed by atoms with Crippen molar-refractivity contribution in [2.75, 3.05) is 5.32 Å². The summed E-state index contributed by atoms with van der Waals surface area (Å²) >= 11 is 6.51. The Labute approximate surface area is 173 Å². The number of anilines is 1. The van der Waals surface area contributed by atoms with Gasteiger partial charge in [-0.15, -0.1) is 0 Å². The number of H-pyrrole nitrogens is 1. The van der Waals surface area contributed by atoms with E-state index in [1.54, 1.807) is 46.1 Å². The van der Waals surface area contributed by atoms with Gasteiger partial charge < -0.3 is 9.72 Å². The molecule has 0 aliphatic heterocycles. The SMILES string of the molecule is CC(c1c(F)c(Cl)c(-c2cn3cc(NC=O)nc3cn2)c2cn[nH]c12)n1cccn1. The molecule has 5 rings (SSSR count). The fourth-order valence-corrected chi connectivity index (χ4v) is 3.88. The minimum atomic E-state index is -0.567. The fraction of sp³-hybridized carbons (Fsp3) is 0.105. The molecule has 4 heterocycles. The molecule has 0 aliphatic rings. The third-order valence-electron chi connectivity index (χ3n) is 4.97. The summed E-state index contributed by atoms with van der Waals surface area (Å²) in [4.78, 5) is 19.3. The highest BCUT2D eigenvalue weighted by Crippen LogP contribution is 2.40. The first-order chi connectivity index (χ1) is 14.6. The van der Waals surface area contributed by atoms with Gasteiger partial charge in [0, 0.05) is 35.1 Å². The topological polar surface area (TPSA) is 106 Å². The van der Waals surface area contributed by atoms with Crippen LogP contribution in [0.15, 0.2) is 43.2 Å². The maximum Gasteiger partial charge on any atom is 0.212 e. The lowest BCUT2D eigenvalue weighted by Gasteiger charge is -2.17. The summed E-state index contributed by atoms with van der Waals surface area (Å²) in [5.74, 6) is -0.194. The van der Waals surface area contributed by atoms with Gasteiger partial charge in [0.15, 0.2) is 11.5 Å². The van der Waals surface area contributed by atoms with Crippen molar-refractivity contribution in [2.24, 2.45) is 0 Å². The molecule has 0 spiro atoms. The molecule has 4 aromatic heterocycles. The average molecular weight is 425 g/mol. The van der Waals surface area contributed by atoms with E-state index >= 15 is 4.39 Å². The number of hydrogen-bond donors (Lipinski definition) is 2.